The summed E-state index contributed by atoms with van der Waals surface area (Å²) in [7, 11) is 0. The number of ether oxygens (including phenoxy) is 1. The lowest BCUT2D eigenvalue weighted by molar-refractivity contribution is -0.122. The Labute approximate surface area is 117 Å². The van der Waals surface area contributed by atoms with Crippen LogP contribution in [0.15, 0.2) is 36.5 Å². The van der Waals surface area contributed by atoms with Crippen molar-refractivity contribution < 1.29 is 9.53 Å². The van der Waals surface area contributed by atoms with E-state index in [9.17, 15) is 4.79 Å². The molecule has 2 fully saturated rings. The van der Waals surface area contributed by atoms with Gasteiger partial charge in [-0.15, -0.1) is 0 Å². The van der Waals surface area contributed by atoms with Crippen LogP contribution in [0.2, 0.25) is 0 Å². The molecule has 0 unspecified atom stereocenters. The zero-order valence-electron chi connectivity index (χ0n) is 11.3. The van der Waals surface area contributed by atoms with E-state index in [1.165, 1.54) is 5.39 Å². The molecule has 1 amide bonds. The van der Waals surface area contributed by atoms with E-state index < -0.39 is 0 Å². The number of rotatable bonds is 3. The van der Waals surface area contributed by atoms with Crippen molar-refractivity contribution in [3.05, 3.63) is 36.5 Å². The lowest BCUT2D eigenvalue weighted by atomic mass is 9.95. The number of nitrogens with one attached hydrogen (secondary N) is 1. The average molecular weight is 270 g/mol. The fraction of sp³-hybridized carbons (Fsp3) is 0.438. The van der Waals surface area contributed by atoms with Gasteiger partial charge in [-0.2, -0.15) is 0 Å². The molecule has 0 aliphatic carbocycles. The molecule has 0 radical (unpaired) electrons. The van der Waals surface area contributed by atoms with Crippen molar-refractivity contribution in [1.82, 2.24) is 9.88 Å². The molecule has 3 atom stereocenters. The molecule has 2 aliphatic heterocycles. The van der Waals surface area contributed by atoms with E-state index in [-0.39, 0.29) is 18.1 Å². The van der Waals surface area contributed by atoms with Crippen LogP contribution in [-0.2, 0) is 16.1 Å². The molecule has 0 saturated carbocycles. The Kier molecular flexibility index (Phi) is 2.77. The van der Waals surface area contributed by atoms with Crippen molar-refractivity contribution in [2.24, 2.45) is 0 Å². The van der Waals surface area contributed by atoms with Crippen LogP contribution < -0.4 is 5.32 Å². The van der Waals surface area contributed by atoms with Crippen molar-refractivity contribution in [2.75, 3.05) is 0 Å². The third kappa shape index (κ3) is 2.00. The molecule has 104 valence electrons. The van der Waals surface area contributed by atoms with E-state index in [1.54, 1.807) is 0 Å². The average Bonchev–Trinajstić information content (AvgIpc) is 3.14. The number of nitrogens with zero attached hydrogens (tertiary/aromatic N) is 1. The molecule has 3 heterocycles. The van der Waals surface area contributed by atoms with Crippen LogP contribution in [0.5, 0.6) is 0 Å². The topological polar surface area (TPSA) is 43.3 Å². The predicted molar refractivity (Wildman–Crippen MR) is 76.4 cm³/mol. The van der Waals surface area contributed by atoms with Gasteiger partial charge in [0, 0.05) is 11.7 Å². The number of para-hydroxylation sites is 1. The summed E-state index contributed by atoms with van der Waals surface area (Å²) in [6.07, 6.45) is 5.80. The largest absolute Gasteiger partial charge is 0.373 e. The number of carbonyl (C=O) groups is 1. The van der Waals surface area contributed by atoms with E-state index in [2.05, 4.69) is 11.4 Å². The van der Waals surface area contributed by atoms with Gasteiger partial charge in [-0.25, -0.2) is 0 Å². The Morgan fingerprint density at radius 2 is 2.20 bits per heavy atom. The Balaban J connectivity index is 1.45. The second kappa shape index (κ2) is 4.63. The lowest BCUT2D eigenvalue weighted by Crippen LogP contribution is -2.42. The Hall–Kier alpha value is -1.81. The minimum Gasteiger partial charge on any atom is -0.373 e. The normalized spacial score (nSPS) is 28.1. The fourth-order valence-electron chi connectivity index (χ4n) is 3.48. The van der Waals surface area contributed by atoms with Crippen LogP contribution >= 0.6 is 0 Å². The molecule has 0 spiro atoms. The summed E-state index contributed by atoms with van der Waals surface area (Å²) in [4.78, 5) is 12.2. The molecule has 2 saturated heterocycles. The Bertz CT molecular complexity index is 649. The van der Waals surface area contributed by atoms with Gasteiger partial charge >= 0.3 is 0 Å². The maximum atomic E-state index is 12.2. The van der Waals surface area contributed by atoms with Gasteiger partial charge in [0.25, 0.3) is 0 Å². The second-order valence-electron chi connectivity index (χ2n) is 5.79. The number of aromatic nitrogens is 1. The first-order valence-corrected chi connectivity index (χ1v) is 7.28. The minimum absolute atomic E-state index is 0.0764. The summed E-state index contributed by atoms with van der Waals surface area (Å²) in [5.74, 6) is 0.0764. The summed E-state index contributed by atoms with van der Waals surface area (Å²) in [6.45, 7) is 0.376. The molecular weight excluding hydrogens is 252 g/mol. The van der Waals surface area contributed by atoms with Crippen LogP contribution in [0.25, 0.3) is 10.9 Å². The van der Waals surface area contributed by atoms with Crippen molar-refractivity contribution in [3.63, 3.8) is 0 Å². The number of benzene rings is 1. The summed E-state index contributed by atoms with van der Waals surface area (Å²) >= 11 is 0. The molecule has 1 N–H and O–H groups in total. The first-order valence-electron chi connectivity index (χ1n) is 7.28. The van der Waals surface area contributed by atoms with Gasteiger partial charge in [-0.05, 0) is 36.8 Å². The summed E-state index contributed by atoms with van der Waals surface area (Å²) in [5.41, 5.74) is 1.10. The summed E-state index contributed by atoms with van der Waals surface area (Å²) in [6, 6.07) is 10.4. The van der Waals surface area contributed by atoms with Gasteiger partial charge in [-0.3, -0.25) is 4.79 Å². The van der Waals surface area contributed by atoms with E-state index in [0.29, 0.717) is 12.6 Å². The minimum atomic E-state index is 0.0764. The highest BCUT2D eigenvalue weighted by Gasteiger charge is 2.41. The standard InChI is InChI=1S/C16H18N2O2/c19-16(17-13-9-12-5-6-15(13)20-12)10-18-8-7-11-3-1-2-4-14(11)18/h1-4,7-8,12-13,15H,5-6,9-10H2,(H,17,19)/t12-,13+,15+/m0/s1. The third-order valence-corrected chi connectivity index (χ3v) is 4.45. The Morgan fingerprint density at radius 1 is 1.30 bits per heavy atom. The molecule has 2 aliphatic rings. The van der Waals surface area contributed by atoms with E-state index in [4.69, 9.17) is 4.74 Å². The third-order valence-electron chi connectivity index (χ3n) is 4.45. The predicted octanol–water partition coefficient (Wildman–Crippen LogP) is 2.08. The second-order valence-corrected chi connectivity index (χ2v) is 5.79. The molecule has 2 bridgehead atoms. The maximum absolute atomic E-state index is 12.2. The molecule has 2 aromatic rings. The highest BCUT2D eigenvalue weighted by Crippen LogP contribution is 2.34. The first-order chi connectivity index (χ1) is 9.79. The number of amides is 1. The molecule has 4 nitrogen and oxygen atoms in total. The van der Waals surface area contributed by atoms with Crippen molar-refractivity contribution in [1.29, 1.82) is 0 Å². The highest BCUT2D eigenvalue weighted by molar-refractivity contribution is 5.83. The van der Waals surface area contributed by atoms with Gasteiger partial charge in [0.05, 0.1) is 18.2 Å². The zero-order chi connectivity index (χ0) is 13.5. The Morgan fingerprint density at radius 3 is 3.00 bits per heavy atom. The molecule has 4 rings (SSSR count). The summed E-state index contributed by atoms with van der Waals surface area (Å²) < 4.78 is 7.77. The quantitative estimate of drug-likeness (QED) is 0.928. The number of hydrogen-bond donors (Lipinski definition) is 1. The van der Waals surface area contributed by atoms with E-state index in [0.717, 1.165) is 24.8 Å². The zero-order valence-corrected chi connectivity index (χ0v) is 11.3. The number of fused-ring (bicyclic) bond motifs is 3. The van der Waals surface area contributed by atoms with Crippen molar-refractivity contribution in [3.8, 4) is 0 Å². The van der Waals surface area contributed by atoms with Gasteiger partial charge in [0.15, 0.2) is 0 Å². The van der Waals surface area contributed by atoms with E-state index >= 15 is 0 Å². The maximum Gasteiger partial charge on any atom is 0.240 e. The van der Waals surface area contributed by atoms with Crippen molar-refractivity contribution in [2.45, 2.75) is 44.1 Å². The summed E-state index contributed by atoms with van der Waals surface area (Å²) in [5, 5.41) is 4.30. The van der Waals surface area contributed by atoms with Gasteiger partial charge in [0.2, 0.25) is 5.91 Å². The smallest absolute Gasteiger partial charge is 0.240 e. The van der Waals surface area contributed by atoms with Crippen LogP contribution in [0, 0.1) is 0 Å². The van der Waals surface area contributed by atoms with E-state index in [1.807, 2.05) is 35.0 Å². The molecule has 20 heavy (non-hydrogen) atoms. The molecule has 1 aromatic carbocycles. The highest BCUT2D eigenvalue weighted by atomic mass is 16.5. The van der Waals surface area contributed by atoms with Gasteiger partial charge in [-0.1, -0.05) is 18.2 Å². The first kappa shape index (κ1) is 12.0. The van der Waals surface area contributed by atoms with Crippen LogP contribution in [-0.4, -0.2) is 28.7 Å². The van der Waals surface area contributed by atoms with Crippen molar-refractivity contribution >= 4 is 16.8 Å². The number of hydrogen-bond acceptors (Lipinski definition) is 2. The SMILES string of the molecule is O=C(Cn1ccc2ccccc21)N[C@@H]1C[C@@H]2CC[C@H]1O2. The monoisotopic (exact) mass is 270 g/mol. The van der Waals surface area contributed by atoms with Crippen LogP contribution in [0.4, 0.5) is 0 Å². The molecular formula is C16H18N2O2. The molecule has 4 heteroatoms. The van der Waals surface area contributed by atoms with Crippen LogP contribution in [0.1, 0.15) is 19.3 Å². The van der Waals surface area contributed by atoms with Gasteiger partial charge < -0.3 is 14.6 Å². The lowest BCUT2D eigenvalue weighted by Gasteiger charge is -2.20. The fourth-order valence-corrected chi connectivity index (χ4v) is 3.48. The molecule has 1 aromatic heterocycles. The number of carbonyl (C=O) groups excluding carboxylic acids is 1. The van der Waals surface area contributed by atoms with Gasteiger partial charge in [0.1, 0.15) is 6.54 Å². The van der Waals surface area contributed by atoms with Crippen LogP contribution in [0.3, 0.4) is 0 Å².